The summed E-state index contributed by atoms with van der Waals surface area (Å²) in [6, 6.07) is 3.85. The molecule has 0 bridgehead atoms. The molecule has 0 aliphatic rings. The smallest absolute Gasteiger partial charge is 0.388 e. The van der Waals surface area contributed by atoms with Crippen LogP contribution in [-0.2, 0) is 0 Å². The summed E-state index contributed by atoms with van der Waals surface area (Å²) < 4.78 is 169. The molecule has 1 aromatic rings. The van der Waals surface area contributed by atoms with Crippen molar-refractivity contribution in [3.63, 3.8) is 0 Å². The highest BCUT2D eigenvalue weighted by Crippen LogP contribution is 2.61. The summed E-state index contributed by atoms with van der Waals surface area (Å²) in [5.74, 6) is -37.3. The SMILES string of the molecule is OC(CC(F)(F)C(F)(F)C(F)(F)C(F)(F)C(F)(F)C(F)(F)F)c1ccc(Br)cc1. The van der Waals surface area contributed by atoms with E-state index in [4.69, 9.17) is 0 Å². The minimum Gasteiger partial charge on any atom is -0.388 e. The van der Waals surface area contributed by atoms with Gasteiger partial charge in [-0.2, -0.15) is 57.1 Å². The third-order valence-electron chi connectivity index (χ3n) is 3.70. The highest BCUT2D eigenvalue weighted by molar-refractivity contribution is 9.10. The number of hydrogen-bond acceptors (Lipinski definition) is 1. The molecule has 0 aliphatic heterocycles. The third kappa shape index (κ3) is 4.16. The molecule has 0 heterocycles. The maximum atomic E-state index is 13.7. The zero-order chi connectivity index (χ0) is 23.3. The van der Waals surface area contributed by atoms with Crippen molar-refractivity contribution in [3.8, 4) is 0 Å². The first-order valence-corrected chi connectivity index (χ1v) is 7.82. The summed E-state index contributed by atoms with van der Waals surface area (Å²) in [6.45, 7) is 0. The van der Waals surface area contributed by atoms with Gasteiger partial charge in [0.15, 0.2) is 0 Å². The van der Waals surface area contributed by atoms with E-state index in [1.165, 1.54) is 0 Å². The van der Waals surface area contributed by atoms with E-state index in [0.717, 1.165) is 24.3 Å². The van der Waals surface area contributed by atoms with Gasteiger partial charge in [-0.25, -0.2) is 0 Å². The maximum absolute atomic E-state index is 13.7. The van der Waals surface area contributed by atoms with Gasteiger partial charge in [0.1, 0.15) is 0 Å². The van der Waals surface area contributed by atoms with Gasteiger partial charge in [0, 0.05) is 10.9 Å². The van der Waals surface area contributed by atoms with Crippen molar-refractivity contribution in [1.29, 1.82) is 0 Å². The van der Waals surface area contributed by atoms with E-state index in [1.807, 2.05) is 0 Å². The van der Waals surface area contributed by atoms with Gasteiger partial charge in [0.2, 0.25) is 0 Å². The van der Waals surface area contributed by atoms with Crippen LogP contribution in [-0.4, -0.2) is 40.9 Å². The first-order valence-electron chi connectivity index (χ1n) is 7.03. The lowest BCUT2D eigenvalue weighted by Gasteiger charge is -2.40. The summed E-state index contributed by atoms with van der Waals surface area (Å²) >= 11 is 2.87. The van der Waals surface area contributed by atoms with Crippen LogP contribution in [0.15, 0.2) is 28.7 Å². The van der Waals surface area contributed by atoms with E-state index in [0.29, 0.717) is 4.47 Å². The molecule has 1 unspecified atom stereocenters. The first kappa shape index (κ1) is 25.8. The summed E-state index contributed by atoms with van der Waals surface area (Å²) in [6.07, 6.45) is -12.8. The molecule has 0 amide bonds. The van der Waals surface area contributed by atoms with E-state index in [9.17, 15) is 62.2 Å². The Bertz CT molecular complexity index is 711. The fraction of sp³-hybridized carbons (Fsp3) is 0.571. The zero-order valence-corrected chi connectivity index (χ0v) is 14.9. The van der Waals surface area contributed by atoms with E-state index < -0.39 is 53.9 Å². The highest BCUT2D eigenvalue weighted by Gasteiger charge is 2.90. The van der Waals surface area contributed by atoms with Crippen molar-refractivity contribution >= 4 is 15.9 Å². The standard InChI is InChI=1S/C14H8BrF13O/c15-7-3-1-6(2-4-7)8(29)5-9(16,17)10(18,19)11(20,21)12(22,23)13(24,25)14(26,27)28/h1-4,8,29H,5H2. The van der Waals surface area contributed by atoms with E-state index in [1.54, 1.807) is 0 Å². The van der Waals surface area contributed by atoms with E-state index >= 15 is 0 Å². The molecule has 1 aromatic carbocycles. The maximum Gasteiger partial charge on any atom is 0.460 e. The topological polar surface area (TPSA) is 20.2 Å². The van der Waals surface area contributed by atoms with Gasteiger partial charge in [-0.15, -0.1) is 0 Å². The zero-order valence-electron chi connectivity index (χ0n) is 13.3. The van der Waals surface area contributed by atoms with E-state index in [2.05, 4.69) is 15.9 Å². The summed E-state index contributed by atoms with van der Waals surface area (Å²) in [4.78, 5) is 0. The second-order valence-electron chi connectivity index (χ2n) is 5.77. The average Bonchev–Trinajstić information content (AvgIpc) is 2.53. The fourth-order valence-corrected chi connectivity index (χ4v) is 2.24. The average molecular weight is 519 g/mol. The van der Waals surface area contributed by atoms with Crippen LogP contribution in [0.25, 0.3) is 0 Å². The van der Waals surface area contributed by atoms with Crippen molar-refractivity contribution in [3.05, 3.63) is 34.3 Å². The van der Waals surface area contributed by atoms with Crippen LogP contribution in [0.2, 0.25) is 0 Å². The van der Waals surface area contributed by atoms with Crippen molar-refractivity contribution in [1.82, 2.24) is 0 Å². The number of aliphatic hydroxyl groups excluding tert-OH is 1. The Labute approximate surface area is 161 Å². The van der Waals surface area contributed by atoms with Crippen molar-refractivity contribution in [2.75, 3.05) is 0 Å². The number of aliphatic hydroxyl groups is 1. The number of halogens is 14. The number of benzene rings is 1. The molecule has 0 aromatic heterocycles. The quantitative estimate of drug-likeness (QED) is 0.403. The van der Waals surface area contributed by atoms with Crippen LogP contribution >= 0.6 is 15.9 Å². The molecular weight excluding hydrogens is 511 g/mol. The van der Waals surface area contributed by atoms with Gasteiger partial charge in [0.25, 0.3) is 0 Å². The van der Waals surface area contributed by atoms with Crippen molar-refractivity contribution < 1.29 is 62.2 Å². The second-order valence-corrected chi connectivity index (χ2v) is 6.69. The van der Waals surface area contributed by atoms with Crippen LogP contribution in [0.1, 0.15) is 18.1 Å². The number of alkyl halides is 13. The van der Waals surface area contributed by atoms with Crippen LogP contribution in [0.3, 0.4) is 0 Å². The predicted octanol–water partition coefficient (Wildman–Crippen LogP) is 6.61. The summed E-state index contributed by atoms with van der Waals surface area (Å²) in [5.41, 5.74) is -0.584. The molecule has 0 saturated carbocycles. The molecule has 0 radical (unpaired) electrons. The molecular formula is C14H8BrF13O. The molecule has 168 valence electrons. The van der Waals surface area contributed by atoms with Gasteiger partial charge < -0.3 is 5.11 Å². The number of rotatable bonds is 7. The fourth-order valence-electron chi connectivity index (χ4n) is 1.98. The first-order chi connectivity index (χ1) is 12.6. The monoisotopic (exact) mass is 518 g/mol. The lowest BCUT2D eigenvalue weighted by molar-refractivity contribution is -0.440. The largest absolute Gasteiger partial charge is 0.460 e. The van der Waals surface area contributed by atoms with Crippen molar-refractivity contribution in [2.24, 2.45) is 0 Å². The van der Waals surface area contributed by atoms with Gasteiger partial charge >= 0.3 is 35.8 Å². The Hall–Kier alpha value is -1.25. The van der Waals surface area contributed by atoms with Crippen molar-refractivity contribution in [2.45, 2.75) is 48.3 Å². The molecule has 0 fully saturated rings. The Morgan fingerprint density at radius 2 is 1.03 bits per heavy atom. The second kappa shape index (κ2) is 7.46. The molecule has 15 heteroatoms. The molecule has 1 atom stereocenters. The molecule has 1 nitrogen and oxygen atoms in total. The minimum absolute atomic E-state index is 0.297. The Balaban J connectivity index is 3.32. The molecule has 1 rings (SSSR count). The Morgan fingerprint density at radius 1 is 0.655 bits per heavy atom. The molecule has 0 spiro atoms. The molecule has 1 N–H and O–H groups in total. The van der Waals surface area contributed by atoms with Crippen LogP contribution in [0, 0.1) is 0 Å². The summed E-state index contributed by atoms with van der Waals surface area (Å²) in [7, 11) is 0. The number of hydrogen-bond donors (Lipinski definition) is 1. The minimum atomic E-state index is -7.95. The van der Waals surface area contributed by atoms with Gasteiger partial charge in [-0.05, 0) is 17.7 Å². The highest BCUT2D eigenvalue weighted by atomic mass is 79.9. The lowest BCUT2D eigenvalue weighted by Crippen LogP contribution is -2.70. The Kier molecular flexibility index (Phi) is 6.64. The van der Waals surface area contributed by atoms with Crippen LogP contribution in [0.4, 0.5) is 57.1 Å². The molecule has 0 aliphatic carbocycles. The Morgan fingerprint density at radius 3 is 1.41 bits per heavy atom. The van der Waals surface area contributed by atoms with Crippen LogP contribution in [0.5, 0.6) is 0 Å². The van der Waals surface area contributed by atoms with E-state index in [-0.39, 0.29) is 0 Å². The van der Waals surface area contributed by atoms with Gasteiger partial charge in [-0.1, -0.05) is 28.1 Å². The lowest BCUT2D eigenvalue weighted by atomic mass is 9.90. The van der Waals surface area contributed by atoms with Gasteiger partial charge in [-0.3, -0.25) is 0 Å². The molecule has 29 heavy (non-hydrogen) atoms. The van der Waals surface area contributed by atoms with Crippen LogP contribution < -0.4 is 0 Å². The van der Waals surface area contributed by atoms with Gasteiger partial charge in [0.05, 0.1) is 6.10 Å². The predicted molar refractivity (Wildman–Crippen MR) is 74.5 cm³/mol. The third-order valence-corrected chi connectivity index (χ3v) is 4.23. The normalized spacial score (nSPS) is 16.1. The molecule has 0 saturated heterocycles. The summed E-state index contributed by atoms with van der Waals surface area (Å²) in [5, 5.41) is 9.48.